The number of halogens is 8. The zero-order valence-electron chi connectivity index (χ0n) is 37.3. The second kappa shape index (κ2) is 18.5. The molecule has 4 aromatic carbocycles. The molecule has 350 valence electrons. The Bertz CT molecular complexity index is 2730. The first-order chi connectivity index (χ1) is 31.3. The second-order valence-electron chi connectivity index (χ2n) is 17.6. The zero-order chi connectivity index (χ0) is 47.1. The summed E-state index contributed by atoms with van der Waals surface area (Å²) in [5.74, 6) is -2.84. The number of hydrogen-bond donors (Lipinski definition) is 3. The van der Waals surface area contributed by atoms with Crippen molar-refractivity contribution in [1.29, 1.82) is 0 Å². The lowest BCUT2D eigenvalue weighted by Gasteiger charge is -2.35. The number of benzene rings is 4. The van der Waals surface area contributed by atoms with E-state index in [2.05, 4.69) is 48.2 Å². The molecule has 2 fully saturated rings. The van der Waals surface area contributed by atoms with Gasteiger partial charge in [-0.3, -0.25) is 0 Å². The highest BCUT2D eigenvalue weighted by Crippen LogP contribution is 2.41. The summed E-state index contributed by atoms with van der Waals surface area (Å²) in [7, 11) is 0. The molecule has 2 saturated heterocycles. The van der Waals surface area contributed by atoms with Crippen molar-refractivity contribution in [1.82, 2.24) is 25.7 Å². The summed E-state index contributed by atoms with van der Waals surface area (Å²) in [6, 6.07) is 18.1. The summed E-state index contributed by atoms with van der Waals surface area (Å²) in [6.45, 7) is 10.2. The van der Waals surface area contributed by atoms with E-state index in [4.69, 9.17) is 4.74 Å². The molecule has 0 aliphatic carbocycles. The third-order valence-electron chi connectivity index (χ3n) is 13.1. The van der Waals surface area contributed by atoms with E-state index in [0.717, 1.165) is 28.6 Å². The van der Waals surface area contributed by atoms with Crippen molar-refractivity contribution >= 4 is 38.9 Å². The van der Waals surface area contributed by atoms with Crippen molar-refractivity contribution in [3.63, 3.8) is 0 Å². The molecule has 9 nitrogen and oxygen atoms in total. The third kappa shape index (κ3) is 9.87. The Balaban J connectivity index is 1.20. The molecular formula is C49H52F8N8O. The number of aromatic nitrogens is 4. The van der Waals surface area contributed by atoms with Crippen LogP contribution in [0.4, 0.5) is 52.4 Å². The van der Waals surface area contributed by atoms with Crippen LogP contribution in [0.5, 0.6) is 0 Å². The van der Waals surface area contributed by atoms with Gasteiger partial charge in [0.25, 0.3) is 5.92 Å². The van der Waals surface area contributed by atoms with Gasteiger partial charge in [-0.2, -0.15) is 36.5 Å². The van der Waals surface area contributed by atoms with Crippen LogP contribution in [0.15, 0.2) is 72.8 Å². The SMILES string of the molecule is Cc1c([C@@H](C)Nc2nnc(CC[C@@H](Nc3nnc(C)c4ccc(N5CCOC[C@@H]5C)cc34)c3cccc(C(F)(F)F)c3C)c3ccc(C4CCNCC(F)(F)C4)cc23)cccc1C(F)(F)F. The Morgan fingerprint density at radius 1 is 0.788 bits per heavy atom. The van der Waals surface area contributed by atoms with Crippen LogP contribution in [0.2, 0.25) is 0 Å². The van der Waals surface area contributed by atoms with E-state index < -0.39 is 53.9 Å². The fraction of sp³-hybridized carbons (Fsp3) is 0.429. The minimum atomic E-state index is -4.62. The van der Waals surface area contributed by atoms with Crippen molar-refractivity contribution in [3.05, 3.63) is 123 Å². The molecule has 2 aliphatic rings. The van der Waals surface area contributed by atoms with Crippen molar-refractivity contribution in [2.24, 2.45) is 0 Å². The maximum atomic E-state index is 14.9. The number of ether oxygens (including phenoxy) is 1. The molecule has 4 atom stereocenters. The number of fused-ring (bicyclic) bond motifs is 2. The van der Waals surface area contributed by atoms with Crippen LogP contribution >= 0.6 is 0 Å². The van der Waals surface area contributed by atoms with E-state index in [9.17, 15) is 35.1 Å². The molecule has 0 amide bonds. The molecule has 0 bridgehead atoms. The molecule has 2 aromatic heterocycles. The summed E-state index contributed by atoms with van der Waals surface area (Å²) in [4.78, 5) is 2.24. The maximum absolute atomic E-state index is 14.9. The summed E-state index contributed by atoms with van der Waals surface area (Å²) < 4.78 is 121. The van der Waals surface area contributed by atoms with E-state index in [0.29, 0.717) is 77.4 Å². The monoisotopic (exact) mass is 920 g/mol. The fourth-order valence-electron chi connectivity index (χ4n) is 9.61. The molecule has 0 radical (unpaired) electrons. The van der Waals surface area contributed by atoms with Gasteiger partial charge in [-0.15, -0.1) is 10.2 Å². The topological polar surface area (TPSA) is 100 Å². The minimum absolute atomic E-state index is 0.0448. The van der Waals surface area contributed by atoms with Crippen LogP contribution in [0, 0.1) is 20.8 Å². The normalized spacial score (nSPS) is 19.1. The van der Waals surface area contributed by atoms with Crippen LogP contribution in [0.3, 0.4) is 0 Å². The van der Waals surface area contributed by atoms with Gasteiger partial charge >= 0.3 is 12.4 Å². The largest absolute Gasteiger partial charge is 0.416 e. The van der Waals surface area contributed by atoms with Gasteiger partial charge in [-0.05, 0) is 124 Å². The quantitative estimate of drug-likeness (QED) is 0.110. The van der Waals surface area contributed by atoms with Gasteiger partial charge in [-0.25, -0.2) is 8.78 Å². The Kier molecular flexibility index (Phi) is 13.2. The maximum Gasteiger partial charge on any atom is 0.416 e. The number of nitrogens with one attached hydrogen (secondary N) is 3. The Hall–Kier alpha value is -5.68. The highest BCUT2D eigenvalue weighted by molar-refractivity contribution is 5.96. The van der Waals surface area contributed by atoms with Crippen LogP contribution in [-0.2, 0) is 23.5 Å². The van der Waals surface area contributed by atoms with E-state index in [1.807, 2.05) is 25.1 Å². The van der Waals surface area contributed by atoms with E-state index in [-0.39, 0.29) is 42.2 Å². The molecular weight excluding hydrogens is 869 g/mol. The molecule has 3 N–H and O–H groups in total. The van der Waals surface area contributed by atoms with Crippen molar-refractivity contribution < 1.29 is 39.9 Å². The lowest BCUT2D eigenvalue weighted by atomic mass is 9.88. The standard InChI is InChI=1S/C49H52F8N8O/c1-27-25-66-21-20-65(27)34-13-15-37-31(5)61-63-46(40(37)23-34)60-43(36-9-7-11-42(29(36)3)49(55,56)57)16-17-44-38-14-12-32(33-18-19-58-26-47(50,51)24-33)22-39(38)45(64-62-44)59-30(4)35-8-6-10-41(28(35)2)48(52,53)54/h6-15,22-23,27,30,33,43,58H,16-21,24-26H2,1-5H3,(H,59,64)(H,60,63)/t27-,30+,33?,43+/m0/s1. The highest BCUT2D eigenvalue weighted by Gasteiger charge is 2.37. The third-order valence-corrected chi connectivity index (χ3v) is 13.1. The van der Waals surface area contributed by atoms with Gasteiger partial charge in [0, 0.05) is 46.2 Å². The molecule has 4 heterocycles. The molecule has 6 aromatic rings. The highest BCUT2D eigenvalue weighted by atomic mass is 19.4. The van der Waals surface area contributed by atoms with Gasteiger partial charge in [0.1, 0.15) is 0 Å². The predicted octanol–water partition coefficient (Wildman–Crippen LogP) is 11.8. The predicted molar refractivity (Wildman–Crippen MR) is 240 cm³/mol. The lowest BCUT2D eigenvalue weighted by Crippen LogP contribution is -2.43. The van der Waals surface area contributed by atoms with Gasteiger partial charge in [0.2, 0.25) is 0 Å². The molecule has 1 unspecified atom stereocenters. The average molecular weight is 921 g/mol. The summed E-state index contributed by atoms with van der Waals surface area (Å²) in [6.07, 6.45) is -8.72. The molecule has 8 rings (SSSR count). The van der Waals surface area contributed by atoms with Crippen LogP contribution in [0.1, 0.15) is 101 Å². The molecule has 17 heteroatoms. The first-order valence-corrected chi connectivity index (χ1v) is 22.1. The summed E-state index contributed by atoms with van der Waals surface area (Å²) in [5.41, 5.74) is 2.09. The first-order valence-electron chi connectivity index (χ1n) is 22.1. The number of aryl methyl sites for hydroxylation is 2. The van der Waals surface area contributed by atoms with Crippen LogP contribution in [-0.4, -0.2) is 65.2 Å². The zero-order valence-corrected chi connectivity index (χ0v) is 37.3. The van der Waals surface area contributed by atoms with E-state index >= 15 is 0 Å². The second-order valence-corrected chi connectivity index (χ2v) is 17.6. The van der Waals surface area contributed by atoms with Crippen LogP contribution < -0.4 is 20.9 Å². The summed E-state index contributed by atoms with van der Waals surface area (Å²) >= 11 is 0. The van der Waals surface area contributed by atoms with E-state index in [1.54, 1.807) is 37.3 Å². The van der Waals surface area contributed by atoms with Crippen molar-refractivity contribution in [2.75, 3.05) is 48.4 Å². The Morgan fingerprint density at radius 2 is 1.44 bits per heavy atom. The number of hydrogen-bond acceptors (Lipinski definition) is 9. The van der Waals surface area contributed by atoms with Crippen molar-refractivity contribution in [3.8, 4) is 0 Å². The van der Waals surface area contributed by atoms with Crippen LogP contribution in [0.25, 0.3) is 21.5 Å². The van der Waals surface area contributed by atoms with Crippen molar-refractivity contribution in [2.45, 2.75) is 103 Å². The van der Waals surface area contributed by atoms with Gasteiger partial charge in [0.05, 0.1) is 54.4 Å². The summed E-state index contributed by atoms with van der Waals surface area (Å²) in [5, 5.41) is 30.4. The number of nitrogens with zero attached hydrogens (tertiary/aromatic N) is 5. The number of alkyl halides is 8. The van der Waals surface area contributed by atoms with Gasteiger partial charge in [0.15, 0.2) is 11.6 Å². The average Bonchev–Trinajstić information content (AvgIpc) is 3.45. The molecule has 0 saturated carbocycles. The first kappa shape index (κ1) is 46.8. The molecule has 2 aliphatic heterocycles. The lowest BCUT2D eigenvalue weighted by molar-refractivity contribution is -0.138. The number of anilines is 3. The smallest absolute Gasteiger partial charge is 0.377 e. The number of morpholine rings is 1. The van der Waals surface area contributed by atoms with Gasteiger partial charge in [-0.1, -0.05) is 42.5 Å². The Morgan fingerprint density at radius 3 is 2.15 bits per heavy atom. The molecule has 66 heavy (non-hydrogen) atoms. The Labute approximate surface area is 377 Å². The minimum Gasteiger partial charge on any atom is -0.377 e. The number of rotatable bonds is 11. The van der Waals surface area contributed by atoms with E-state index in [1.165, 1.54) is 26.0 Å². The fourth-order valence-corrected chi connectivity index (χ4v) is 9.61. The molecule has 0 spiro atoms. The van der Waals surface area contributed by atoms with Gasteiger partial charge < -0.3 is 25.6 Å².